The van der Waals surface area contributed by atoms with Crippen LogP contribution in [0.25, 0.3) is 0 Å². The van der Waals surface area contributed by atoms with Crippen molar-refractivity contribution in [3.05, 3.63) is 16.1 Å². The van der Waals surface area contributed by atoms with Gasteiger partial charge in [-0.3, -0.25) is 0 Å². The van der Waals surface area contributed by atoms with Crippen LogP contribution in [0.15, 0.2) is 5.51 Å². The third-order valence-electron chi connectivity index (χ3n) is 1.75. The van der Waals surface area contributed by atoms with Crippen LogP contribution in [-0.2, 0) is 0 Å². The van der Waals surface area contributed by atoms with Crippen molar-refractivity contribution in [1.82, 2.24) is 4.98 Å². The van der Waals surface area contributed by atoms with Crippen LogP contribution in [0.2, 0.25) is 0 Å². The zero-order chi connectivity index (χ0) is 6.27. The summed E-state index contributed by atoms with van der Waals surface area (Å²) in [6.07, 6.45) is 2.73. The topological polar surface area (TPSA) is 12.9 Å². The van der Waals surface area contributed by atoms with Gasteiger partial charge in [-0.2, -0.15) is 0 Å². The summed E-state index contributed by atoms with van der Waals surface area (Å²) in [4.78, 5) is 5.71. The maximum absolute atomic E-state index is 4.30. The summed E-state index contributed by atoms with van der Waals surface area (Å²) in [5, 5.41) is 0. The van der Waals surface area contributed by atoms with Gasteiger partial charge in [0.15, 0.2) is 0 Å². The number of hydrogen-bond donors (Lipinski definition) is 0. The Labute approximate surface area is 58.7 Å². The predicted molar refractivity (Wildman–Crippen MR) is 38.8 cm³/mol. The fourth-order valence-electron chi connectivity index (χ4n) is 1.06. The molecule has 1 aromatic heterocycles. The van der Waals surface area contributed by atoms with Crippen molar-refractivity contribution in [2.75, 3.05) is 0 Å². The first-order valence-corrected chi connectivity index (χ1v) is 4.16. The van der Waals surface area contributed by atoms with Crippen molar-refractivity contribution in [2.45, 2.75) is 25.7 Å². The van der Waals surface area contributed by atoms with E-state index in [0.717, 1.165) is 5.92 Å². The third kappa shape index (κ3) is 0.874. The lowest BCUT2D eigenvalue weighted by Crippen LogP contribution is -1.79. The van der Waals surface area contributed by atoms with Crippen LogP contribution in [0.3, 0.4) is 0 Å². The van der Waals surface area contributed by atoms with Crippen molar-refractivity contribution in [1.29, 1.82) is 0 Å². The van der Waals surface area contributed by atoms with Crippen LogP contribution in [0.4, 0.5) is 0 Å². The first-order chi connectivity index (χ1) is 4.38. The maximum atomic E-state index is 4.30. The molecular weight excluding hydrogens is 130 g/mol. The average molecular weight is 139 g/mol. The molecule has 1 aliphatic rings. The molecule has 48 valence electrons. The number of aromatic nitrogens is 1. The summed E-state index contributed by atoms with van der Waals surface area (Å²) < 4.78 is 0. The summed E-state index contributed by atoms with van der Waals surface area (Å²) in [6, 6.07) is 0. The molecule has 2 rings (SSSR count). The van der Waals surface area contributed by atoms with Gasteiger partial charge in [0, 0.05) is 10.8 Å². The highest BCUT2D eigenvalue weighted by Crippen LogP contribution is 2.41. The third-order valence-corrected chi connectivity index (χ3v) is 2.52. The largest absolute Gasteiger partial charge is 0.249 e. The number of thiazole rings is 1. The Morgan fingerprint density at radius 3 is 2.89 bits per heavy atom. The lowest BCUT2D eigenvalue weighted by atomic mass is 10.3. The molecule has 9 heavy (non-hydrogen) atoms. The second kappa shape index (κ2) is 1.81. The molecule has 1 aliphatic carbocycles. The second-order valence-corrected chi connectivity index (χ2v) is 3.63. The minimum Gasteiger partial charge on any atom is -0.249 e. The van der Waals surface area contributed by atoms with Gasteiger partial charge in [0.05, 0.1) is 11.2 Å². The lowest BCUT2D eigenvalue weighted by Gasteiger charge is -1.88. The van der Waals surface area contributed by atoms with Gasteiger partial charge in [-0.05, 0) is 19.8 Å². The molecule has 1 heterocycles. The van der Waals surface area contributed by atoms with Crippen LogP contribution < -0.4 is 0 Å². The molecule has 0 spiro atoms. The quantitative estimate of drug-likeness (QED) is 0.582. The van der Waals surface area contributed by atoms with E-state index in [1.165, 1.54) is 23.4 Å². The average Bonchev–Trinajstić information content (AvgIpc) is 2.58. The fraction of sp³-hybridized carbons (Fsp3) is 0.571. The molecule has 0 radical (unpaired) electrons. The highest BCUT2D eigenvalue weighted by Gasteiger charge is 2.26. The zero-order valence-electron chi connectivity index (χ0n) is 5.42. The van der Waals surface area contributed by atoms with Crippen molar-refractivity contribution in [3.63, 3.8) is 0 Å². The Hall–Kier alpha value is -0.370. The van der Waals surface area contributed by atoms with E-state index in [-0.39, 0.29) is 0 Å². The van der Waals surface area contributed by atoms with E-state index < -0.39 is 0 Å². The molecule has 0 aromatic carbocycles. The molecule has 0 atom stereocenters. The Balaban J connectivity index is 2.35. The summed E-state index contributed by atoms with van der Waals surface area (Å²) in [6.45, 7) is 2.16. The SMILES string of the molecule is Cc1scnc1C1CC1. The Morgan fingerprint density at radius 1 is 1.67 bits per heavy atom. The molecule has 0 amide bonds. The highest BCUT2D eigenvalue weighted by molar-refractivity contribution is 7.09. The van der Waals surface area contributed by atoms with E-state index >= 15 is 0 Å². The number of aryl methyl sites for hydroxylation is 1. The highest BCUT2D eigenvalue weighted by atomic mass is 32.1. The minimum absolute atomic E-state index is 0.830. The van der Waals surface area contributed by atoms with E-state index in [2.05, 4.69) is 11.9 Å². The van der Waals surface area contributed by atoms with Crippen LogP contribution >= 0.6 is 11.3 Å². The van der Waals surface area contributed by atoms with Gasteiger partial charge in [0.1, 0.15) is 0 Å². The van der Waals surface area contributed by atoms with Gasteiger partial charge in [-0.15, -0.1) is 11.3 Å². The minimum atomic E-state index is 0.830. The van der Waals surface area contributed by atoms with Crippen LogP contribution in [0.5, 0.6) is 0 Å². The summed E-state index contributed by atoms with van der Waals surface area (Å²) in [7, 11) is 0. The molecule has 1 saturated carbocycles. The number of nitrogens with zero attached hydrogens (tertiary/aromatic N) is 1. The van der Waals surface area contributed by atoms with Gasteiger partial charge in [0.25, 0.3) is 0 Å². The number of hydrogen-bond acceptors (Lipinski definition) is 2. The zero-order valence-corrected chi connectivity index (χ0v) is 6.24. The van der Waals surface area contributed by atoms with Gasteiger partial charge in [-0.1, -0.05) is 0 Å². The van der Waals surface area contributed by atoms with E-state index in [4.69, 9.17) is 0 Å². The molecule has 2 heteroatoms. The van der Waals surface area contributed by atoms with E-state index in [1.807, 2.05) is 5.51 Å². The fourth-order valence-corrected chi connectivity index (χ4v) is 1.73. The molecule has 1 aromatic rings. The Morgan fingerprint density at radius 2 is 2.44 bits per heavy atom. The Kier molecular flexibility index (Phi) is 1.09. The molecule has 0 aliphatic heterocycles. The first kappa shape index (κ1) is 5.42. The molecule has 0 saturated heterocycles. The molecule has 0 unspecified atom stereocenters. The normalized spacial score (nSPS) is 18.3. The van der Waals surface area contributed by atoms with E-state index in [1.54, 1.807) is 11.3 Å². The molecule has 0 N–H and O–H groups in total. The second-order valence-electron chi connectivity index (χ2n) is 2.57. The van der Waals surface area contributed by atoms with Gasteiger partial charge >= 0.3 is 0 Å². The summed E-state index contributed by atoms with van der Waals surface area (Å²) in [5.74, 6) is 0.830. The Bertz CT molecular complexity index is 212. The monoisotopic (exact) mass is 139 g/mol. The molecule has 1 nitrogen and oxygen atoms in total. The lowest BCUT2D eigenvalue weighted by molar-refractivity contribution is 1.03. The van der Waals surface area contributed by atoms with Crippen molar-refractivity contribution in [3.8, 4) is 0 Å². The summed E-state index contributed by atoms with van der Waals surface area (Å²) in [5.41, 5.74) is 3.31. The number of rotatable bonds is 1. The first-order valence-electron chi connectivity index (χ1n) is 3.28. The van der Waals surface area contributed by atoms with Gasteiger partial charge in [0.2, 0.25) is 0 Å². The van der Waals surface area contributed by atoms with Crippen molar-refractivity contribution in [2.24, 2.45) is 0 Å². The van der Waals surface area contributed by atoms with Gasteiger partial charge < -0.3 is 0 Å². The predicted octanol–water partition coefficient (Wildman–Crippen LogP) is 2.33. The van der Waals surface area contributed by atoms with Crippen molar-refractivity contribution < 1.29 is 0 Å². The molecule has 0 bridgehead atoms. The summed E-state index contributed by atoms with van der Waals surface area (Å²) >= 11 is 1.76. The van der Waals surface area contributed by atoms with Crippen LogP contribution in [0, 0.1) is 6.92 Å². The maximum Gasteiger partial charge on any atom is 0.0797 e. The van der Waals surface area contributed by atoms with E-state index in [0.29, 0.717) is 0 Å². The van der Waals surface area contributed by atoms with Crippen LogP contribution in [0.1, 0.15) is 29.3 Å². The smallest absolute Gasteiger partial charge is 0.0797 e. The van der Waals surface area contributed by atoms with Gasteiger partial charge in [-0.25, -0.2) is 4.98 Å². The molecule has 1 fully saturated rings. The van der Waals surface area contributed by atoms with E-state index in [9.17, 15) is 0 Å². The standard InChI is InChI=1S/C7H9NS/c1-5-7(6-2-3-6)8-4-9-5/h4,6H,2-3H2,1H3. The van der Waals surface area contributed by atoms with Crippen LogP contribution in [-0.4, -0.2) is 4.98 Å². The van der Waals surface area contributed by atoms with Crippen molar-refractivity contribution >= 4 is 11.3 Å². The molecular formula is C7H9NS.